The van der Waals surface area contributed by atoms with Crippen molar-refractivity contribution in [2.24, 2.45) is 5.92 Å². The zero-order valence-corrected chi connectivity index (χ0v) is 7.91. The Kier molecular flexibility index (Phi) is 3.47. The SMILES string of the molecule is O=C(NCCCl)C1CCCC1(F)F. The fraction of sp³-hybridized carbons (Fsp3) is 0.875. The van der Waals surface area contributed by atoms with Crippen LogP contribution >= 0.6 is 11.6 Å². The Morgan fingerprint density at radius 1 is 1.62 bits per heavy atom. The van der Waals surface area contributed by atoms with Gasteiger partial charge in [0, 0.05) is 18.8 Å². The molecule has 1 fully saturated rings. The highest BCUT2D eigenvalue weighted by Crippen LogP contribution is 2.40. The highest BCUT2D eigenvalue weighted by atomic mass is 35.5. The maximum Gasteiger partial charge on any atom is 0.259 e. The molecule has 1 atom stereocenters. The van der Waals surface area contributed by atoms with Gasteiger partial charge in [-0.1, -0.05) is 0 Å². The summed E-state index contributed by atoms with van der Waals surface area (Å²) in [6.07, 6.45) is 0.527. The van der Waals surface area contributed by atoms with Crippen LogP contribution in [-0.4, -0.2) is 24.3 Å². The Morgan fingerprint density at radius 3 is 2.77 bits per heavy atom. The fourth-order valence-corrected chi connectivity index (χ4v) is 1.64. The molecule has 76 valence electrons. The minimum Gasteiger partial charge on any atom is -0.354 e. The average Bonchev–Trinajstić information content (AvgIpc) is 2.41. The molecule has 1 unspecified atom stereocenters. The molecule has 13 heavy (non-hydrogen) atoms. The van der Waals surface area contributed by atoms with E-state index in [0.29, 0.717) is 6.42 Å². The van der Waals surface area contributed by atoms with Gasteiger partial charge in [-0.2, -0.15) is 0 Å². The molecule has 0 aromatic heterocycles. The molecule has 1 aliphatic rings. The van der Waals surface area contributed by atoms with Crippen LogP contribution in [-0.2, 0) is 4.79 Å². The minimum atomic E-state index is -2.82. The van der Waals surface area contributed by atoms with E-state index in [1.807, 2.05) is 0 Å². The molecule has 0 aromatic carbocycles. The third-order valence-corrected chi connectivity index (χ3v) is 2.41. The molecule has 0 heterocycles. The van der Waals surface area contributed by atoms with Crippen molar-refractivity contribution < 1.29 is 13.6 Å². The molecule has 0 aliphatic heterocycles. The molecule has 0 bridgehead atoms. The van der Waals surface area contributed by atoms with Crippen LogP contribution in [0.25, 0.3) is 0 Å². The zero-order chi connectivity index (χ0) is 9.90. The van der Waals surface area contributed by atoms with Crippen molar-refractivity contribution in [3.63, 3.8) is 0 Å². The maximum absolute atomic E-state index is 13.0. The second-order valence-corrected chi connectivity index (χ2v) is 3.56. The molecule has 1 rings (SSSR count). The van der Waals surface area contributed by atoms with E-state index in [1.54, 1.807) is 0 Å². The van der Waals surface area contributed by atoms with E-state index in [1.165, 1.54) is 0 Å². The molecule has 0 radical (unpaired) electrons. The second kappa shape index (κ2) is 4.22. The van der Waals surface area contributed by atoms with Crippen LogP contribution in [0.2, 0.25) is 0 Å². The highest BCUT2D eigenvalue weighted by molar-refractivity contribution is 6.18. The van der Waals surface area contributed by atoms with Crippen molar-refractivity contribution in [1.29, 1.82) is 0 Å². The molecular weight excluding hydrogens is 200 g/mol. The van der Waals surface area contributed by atoms with Crippen LogP contribution in [0.3, 0.4) is 0 Å². The largest absolute Gasteiger partial charge is 0.354 e. The predicted molar refractivity (Wildman–Crippen MR) is 46.0 cm³/mol. The first-order valence-electron chi connectivity index (χ1n) is 4.29. The summed E-state index contributed by atoms with van der Waals surface area (Å²) in [4.78, 5) is 11.2. The summed E-state index contributed by atoms with van der Waals surface area (Å²) in [5.74, 6) is -4.28. The Morgan fingerprint density at radius 2 is 2.31 bits per heavy atom. The van der Waals surface area contributed by atoms with Gasteiger partial charge in [-0.3, -0.25) is 4.79 Å². The van der Waals surface area contributed by atoms with Gasteiger partial charge in [0.1, 0.15) is 5.92 Å². The van der Waals surface area contributed by atoms with Crippen LogP contribution in [0.5, 0.6) is 0 Å². The number of hydrogen-bond donors (Lipinski definition) is 1. The normalized spacial score (nSPS) is 25.9. The van der Waals surface area contributed by atoms with Gasteiger partial charge < -0.3 is 5.32 Å². The van der Waals surface area contributed by atoms with Crippen molar-refractivity contribution in [2.75, 3.05) is 12.4 Å². The second-order valence-electron chi connectivity index (χ2n) is 3.19. The Labute approximate surface area is 80.6 Å². The van der Waals surface area contributed by atoms with Crippen molar-refractivity contribution in [1.82, 2.24) is 5.32 Å². The Bertz CT molecular complexity index is 199. The quantitative estimate of drug-likeness (QED) is 0.709. The lowest BCUT2D eigenvalue weighted by molar-refractivity contribution is -0.135. The van der Waals surface area contributed by atoms with Gasteiger partial charge in [0.25, 0.3) is 5.92 Å². The molecule has 1 amide bonds. The van der Waals surface area contributed by atoms with Gasteiger partial charge in [-0.05, 0) is 12.8 Å². The number of rotatable bonds is 3. The van der Waals surface area contributed by atoms with Crippen LogP contribution < -0.4 is 5.32 Å². The highest BCUT2D eigenvalue weighted by Gasteiger charge is 2.47. The minimum absolute atomic E-state index is 0.175. The number of alkyl halides is 3. The summed E-state index contributed by atoms with van der Waals surface area (Å²) < 4.78 is 26.0. The summed E-state index contributed by atoms with van der Waals surface area (Å²) in [7, 11) is 0. The summed E-state index contributed by atoms with van der Waals surface area (Å²) in [6.45, 7) is 0.257. The third-order valence-electron chi connectivity index (χ3n) is 2.22. The van der Waals surface area contributed by atoms with E-state index < -0.39 is 17.7 Å². The Hall–Kier alpha value is -0.380. The topological polar surface area (TPSA) is 29.1 Å². The van der Waals surface area contributed by atoms with Crippen molar-refractivity contribution in [2.45, 2.75) is 25.2 Å². The number of carbonyl (C=O) groups excluding carboxylic acids is 1. The molecule has 1 N–H and O–H groups in total. The molecule has 0 spiro atoms. The standard InChI is InChI=1S/C8H12ClF2NO/c9-4-5-12-7(13)6-2-1-3-8(6,10)11/h6H,1-5H2,(H,12,13). The lowest BCUT2D eigenvalue weighted by Crippen LogP contribution is -2.38. The monoisotopic (exact) mass is 211 g/mol. The first-order chi connectivity index (χ1) is 6.08. The van der Waals surface area contributed by atoms with E-state index in [9.17, 15) is 13.6 Å². The number of nitrogens with one attached hydrogen (secondary N) is 1. The van der Waals surface area contributed by atoms with Crippen LogP contribution in [0, 0.1) is 5.92 Å². The van der Waals surface area contributed by atoms with E-state index in [2.05, 4.69) is 5.32 Å². The van der Waals surface area contributed by atoms with Crippen molar-refractivity contribution in [3.05, 3.63) is 0 Å². The van der Waals surface area contributed by atoms with Crippen LogP contribution in [0.4, 0.5) is 8.78 Å². The summed E-state index contributed by atoms with van der Waals surface area (Å²) in [6, 6.07) is 0. The van der Waals surface area contributed by atoms with E-state index in [-0.39, 0.29) is 25.3 Å². The third kappa shape index (κ3) is 2.53. The smallest absolute Gasteiger partial charge is 0.259 e. The maximum atomic E-state index is 13.0. The van der Waals surface area contributed by atoms with Gasteiger partial charge in [0.15, 0.2) is 0 Å². The molecule has 5 heteroatoms. The van der Waals surface area contributed by atoms with Gasteiger partial charge in [-0.15, -0.1) is 11.6 Å². The van der Waals surface area contributed by atoms with Crippen molar-refractivity contribution in [3.8, 4) is 0 Å². The molecule has 1 aliphatic carbocycles. The van der Waals surface area contributed by atoms with E-state index in [0.717, 1.165) is 0 Å². The lowest BCUT2D eigenvalue weighted by Gasteiger charge is -2.17. The van der Waals surface area contributed by atoms with Gasteiger partial charge in [0.2, 0.25) is 5.91 Å². The number of halogens is 3. The van der Waals surface area contributed by atoms with Crippen molar-refractivity contribution >= 4 is 17.5 Å². The summed E-state index contributed by atoms with van der Waals surface area (Å²) in [5.41, 5.74) is 0. The molecule has 0 aromatic rings. The zero-order valence-electron chi connectivity index (χ0n) is 7.16. The number of carbonyl (C=O) groups is 1. The first-order valence-corrected chi connectivity index (χ1v) is 4.83. The van der Waals surface area contributed by atoms with E-state index >= 15 is 0 Å². The summed E-state index contributed by atoms with van der Waals surface area (Å²) >= 11 is 5.32. The number of hydrogen-bond acceptors (Lipinski definition) is 1. The van der Waals surface area contributed by atoms with Crippen LogP contribution in [0.15, 0.2) is 0 Å². The van der Waals surface area contributed by atoms with Gasteiger partial charge in [-0.25, -0.2) is 8.78 Å². The van der Waals surface area contributed by atoms with Gasteiger partial charge in [0.05, 0.1) is 0 Å². The molecule has 0 saturated heterocycles. The first kappa shape index (κ1) is 10.7. The van der Waals surface area contributed by atoms with E-state index in [4.69, 9.17) is 11.6 Å². The number of amides is 1. The summed E-state index contributed by atoms with van der Waals surface area (Å²) in [5, 5.41) is 2.38. The molecular formula is C8H12ClF2NO. The average molecular weight is 212 g/mol. The Balaban J connectivity index is 2.46. The molecule has 2 nitrogen and oxygen atoms in total. The molecule has 1 saturated carbocycles. The van der Waals surface area contributed by atoms with Gasteiger partial charge >= 0.3 is 0 Å². The predicted octanol–water partition coefficient (Wildman–Crippen LogP) is 1.78. The fourth-order valence-electron chi connectivity index (χ4n) is 1.54. The lowest BCUT2D eigenvalue weighted by atomic mass is 10.0. The van der Waals surface area contributed by atoms with Crippen LogP contribution in [0.1, 0.15) is 19.3 Å².